The number of nitrogens with one attached hydrogen (secondary N) is 2. The number of anilines is 1. The monoisotopic (exact) mass is 126 g/mol. The predicted molar refractivity (Wildman–Crippen MR) is 30.5 cm³/mol. The highest BCUT2D eigenvalue weighted by Crippen LogP contribution is 1.97. The van der Waals surface area contributed by atoms with Gasteiger partial charge in [0.15, 0.2) is 0 Å². The Bertz CT molecular complexity index is 183. The third-order valence-electron chi connectivity index (χ3n) is 1.14. The molecule has 1 aliphatic rings. The SMILES string of the molecule is C1CNn2nnnc2N1. The van der Waals surface area contributed by atoms with E-state index in [-0.39, 0.29) is 0 Å². The van der Waals surface area contributed by atoms with Crippen molar-refractivity contribution in [3.05, 3.63) is 0 Å². The van der Waals surface area contributed by atoms with E-state index in [4.69, 9.17) is 0 Å². The fraction of sp³-hybridized carbons (Fsp3) is 0.667. The minimum absolute atomic E-state index is 0.682. The van der Waals surface area contributed by atoms with Crippen molar-refractivity contribution in [1.29, 1.82) is 0 Å². The van der Waals surface area contributed by atoms with Crippen LogP contribution in [0.1, 0.15) is 0 Å². The van der Waals surface area contributed by atoms with Crippen LogP contribution in [0.5, 0.6) is 0 Å². The maximum atomic E-state index is 3.68. The van der Waals surface area contributed by atoms with Crippen LogP contribution in [-0.4, -0.2) is 33.4 Å². The van der Waals surface area contributed by atoms with E-state index in [1.807, 2.05) is 0 Å². The first-order chi connectivity index (χ1) is 4.47. The molecule has 0 saturated heterocycles. The zero-order valence-corrected chi connectivity index (χ0v) is 4.70. The Morgan fingerprint density at radius 2 is 2.44 bits per heavy atom. The van der Waals surface area contributed by atoms with Gasteiger partial charge in [0.1, 0.15) is 0 Å². The molecule has 48 valence electrons. The lowest BCUT2D eigenvalue weighted by Gasteiger charge is -2.13. The molecule has 0 saturated carbocycles. The first kappa shape index (κ1) is 4.54. The second kappa shape index (κ2) is 1.57. The molecule has 2 rings (SSSR count). The van der Waals surface area contributed by atoms with E-state index in [9.17, 15) is 0 Å². The molecule has 0 atom stereocenters. The molecule has 6 heteroatoms. The van der Waals surface area contributed by atoms with Crippen LogP contribution in [0.4, 0.5) is 5.95 Å². The van der Waals surface area contributed by atoms with Crippen molar-refractivity contribution >= 4 is 5.95 Å². The van der Waals surface area contributed by atoms with Gasteiger partial charge < -0.3 is 10.7 Å². The number of aromatic nitrogens is 4. The van der Waals surface area contributed by atoms with Crippen molar-refractivity contribution in [2.75, 3.05) is 23.8 Å². The molecule has 0 unspecified atom stereocenters. The number of hydrogen-bond donors (Lipinski definition) is 2. The Hall–Kier alpha value is -1.33. The highest BCUT2D eigenvalue weighted by atomic mass is 15.7. The van der Waals surface area contributed by atoms with E-state index in [0.29, 0.717) is 5.95 Å². The quantitative estimate of drug-likeness (QED) is 0.449. The van der Waals surface area contributed by atoms with Crippen LogP contribution in [0.15, 0.2) is 0 Å². The molecule has 1 aromatic rings. The molecule has 1 aromatic heterocycles. The fourth-order valence-electron chi connectivity index (χ4n) is 0.740. The summed E-state index contributed by atoms with van der Waals surface area (Å²) in [6.07, 6.45) is 0. The average Bonchev–Trinajstić information content (AvgIpc) is 2.33. The van der Waals surface area contributed by atoms with Gasteiger partial charge in [0.25, 0.3) is 5.95 Å². The lowest BCUT2D eigenvalue weighted by Crippen LogP contribution is -2.30. The minimum Gasteiger partial charge on any atom is -0.350 e. The van der Waals surface area contributed by atoms with E-state index >= 15 is 0 Å². The first-order valence-corrected chi connectivity index (χ1v) is 2.73. The van der Waals surface area contributed by atoms with Crippen molar-refractivity contribution in [3.63, 3.8) is 0 Å². The standard InChI is InChI=1S/C3H6N6/c1-2-5-9-3(4-1)6-7-8-9/h5H,1-2H2,(H,4,6,8). The zero-order chi connectivity index (χ0) is 6.10. The maximum Gasteiger partial charge on any atom is 0.262 e. The smallest absolute Gasteiger partial charge is 0.262 e. The lowest BCUT2D eigenvalue weighted by atomic mass is 10.6. The summed E-state index contributed by atoms with van der Waals surface area (Å²) in [6, 6.07) is 0. The Kier molecular flexibility index (Phi) is 0.794. The molecule has 0 amide bonds. The van der Waals surface area contributed by atoms with Gasteiger partial charge in [-0.3, -0.25) is 0 Å². The molecule has 0 radical (unpaired) electrons. The van der Waals surface area contributed by atoms with Crippen molar-refractivity contribution in [1.82, 2.24) is 20.3 Å². The fourth-order valence-corrected chi connectivity index (χ4v) is 0.740. The van der Waals surface area contributed by atoms with Crippen LogP contribution >= 0.6 is 0 Å². The van der Waals surface area contributed by atoms with Crippen LogP contribution in [0.2, 0.25) is 0 Å². The van der Waals surface area contributed by atoms with Gasteiger partial charge >= 0.3 is 0 Å². The van der Waals surface area contributed by atoms with Gasteiger partial charge in [-0.2, -0.15) is 0 Å². The number of hydrogen-bond acceptors (Lipinski definition) is 5. The second-order valence-corrected chi connectivity index (χ2v) is 1.75. The number of rotatable bonds is 0. The number of tetrazole rings is 1. The van der Waals surface area contributed by atoms with E-state index in [0.717, 1.165) is 13.1 Å². The highest BCUT2D eigenvalue weighted by molar-refractivity contribution is 5.24. The van der Waals surface area contributed by atoms with E-state index < -0.39 is 0 Å². The molecule has 0 aliphatic carbocycles. The van der Waals surface area contributed by atoms with Crippen LogP contribution in [0.3, 0.4) is 0 Å². The summed E-state index contributed by atoms with van der Waals surface area (Å²) in [6.45, 7) is 1.73. The summed E-state index contributed by atoms with van der Waals surface area (Å²) in [4.78, 5) is 1.52. The summed E-state index contributed by atoms with van der Waals surface area (Å²) >= 11 is 0. The molecule has 2 heterocycles. The van der Waals surface area contributed by atoms with Gasteiger partial charge in [-0.1, -0.05) is 5.10 Å². The third-order valence-corrected chi connectivity index (χ3v) is 1.14. The van der Waals surface area contributed by atoms with Crippen LogP contribution in [-0.2, 0) is 0 Å². The van der Waals surface area contributed by atoms with E-state index in [2.05, 4.69) is 26.3 Å². The Labute approximate surface area is 51.2 Å². The van der Waals surface area contributed by atoms with Crippen molar-refractivity contribution < 1.29 is 0 Å². The first-order valence-electron chi connectivity index (χ1n) is 2.73. The topological polar surface area (TPSA) is 67.7 Å². The molecule has 0 aromatic carbocycles. The summed E-state index contributed by atoms with van der Waals surface area (Å²) < 4.78 is 0. The van der Waals surface area contributed by atoms with E-state index in [1.54, 1.807) is 0 Å². The van der Waals surface area contributed by atoms with Gasteiger partial charge in [-0.25, -0.2) is 0 Å². The Morgan fingerprint density at radius 1 is 1.44 bits per heavy atom. The van der Waals surface area contributed by atoms with Gasteiger partial charge in [0, 0.05) is 6.54 Å². The van der Waals surface area contributed by atoms with Crippen molar-refractivity contribution in [2.45, 2.75) is 0 Å². The van der Waals surface area contributed by atoms with E-state index in [1.165, 1.54) is 4.79 Å². The lowest BCUT2D eigenvalue weighted by molar-refractivity contribution is 0.675. The molecule has 0 bridgehead atoms. The molecule has 2 N–H and O–H groups in total. The van der Waals surface area contributed by atoms with Crippen molar-refractivity contribution in [2.24, 2.45) is 0 Å². The Balaban J connectivity index is 2.39. The molecular formula is C3H6N6. The zero-order valence-electron chi connectivity index (χ0n) is 4.70. The second-order valence-electron chi connectivity index (χ2n) is 1.75. The molecule has 6 nitrogen and oxygen atoms in total. The molecule has 0 fully saturated rings. The largest absolute Gasteiger partial charge is 0.350 e. The normalized spacial score (nSPS) is 15.6. The predicted octanol–water partition coefficient (Wildman–Crippen LogP) is -1.36. The summed E-state index contributed by atoms with van der Waals surface area (Å²) in [5.74, 6) is 0.682. The van der Waals surface area contributed by atoms with Gasteiger partial charge in [0.2, 0.25) is 0 Å². The maximum absolute atomic E-state index is 3.68. The van der Waals surface area contributed by atoms with Crippen LogP contribution in [0, 0.1) is 0 Å². The molecule has 9 heavy (non-hydrogen) atoms. The number of nitrogens with zero attached hydrogens (tertiary/aromatic N) is 4. The average molecular weight is 126 g/mol. The highest BCUT2D eigenvalue weighted by Gasteiger charge is 2.07. The van der Waals surface area contributed by atoms with Crippen LogP contribution in [0.25, 0.3) is 0 Å². The minimum atomic E-state index is 0.682. The third kappa shape index (κ3) is 0.592. The van der Waals surface area contributed by atoms with Gasteiger partial charge in [0.05, 0.1) is 6.54 Å². The summed E-state index contributed by atoms with van der Waals surface area (Å²) in [5.41, 5.74) is 2.96. The van der Waals surface area contributed by atoms with Crippen LogP contribution < -0.4 is 10.7 Å². The molecular weight excluding hydrogens is 120 g/mol. The summed E-state index contributed by atoms with van der Waals surface area (Å²) in [5, 5.41) is 13.8. The summed E-state index contributed by atoms with van der Waals surface area (Å²) in [7, 11) is 0. The molecule has 1 aliphatic heterocycles. The number of fused-ring (bicyclic) bond motifs is 1. The van der Waals surface area contributed by atoms with Gasteiger partial charge in [-0.15, -0.1) is 4.79 Å². The molecule has 0 spiro atoms. The Morgan fingerprint density at radius 3 is 3.33 bits per heavy atom. The van der Waals surface area contributed by atoms with Crippen molar-refractivity contribution in [3.8, 4) is 0 Å². The van der Waals surface area contributed by atoms with Gasteiger partial charge in [-0.05, 0) is 10.4 Å².